The van der Waals surface area contributed by atoms with Crippen LogP contribution in [0.4, 0.5) is 0 Å². The quantitative estimate of drug-likeness (QED) is 0.218. The highest BCUT2D eigenvalue weighted by Gasteiger charge is 2.24. The van der Waals surface area contributed by atoms with Crippen molar-refractivity contribution in [1.29, 1.82) is 0 Å². The third kappa shape index (κ3) is 4.34. The molecule has 0 aliphatic rings. The molecule has 0 saturated carbocycles. The van der Waals surface area contributed by atoms with Crippen molar-refractivity contribution in [3.8, 4) is 0 Å². The van der Waals surface area contributed by atoms with Crippen LogP contribution in [0.25, 0.3) is 5.57 Å². The first-order valence-electron chi connectivity index (χ1n) is 6.66. The Morgan fingerprint density at radius 2 is 1.46 bits per heavy atom. The average molecular weight is 332 g/mol. The van der Waals surface area contributed by atoms with Gasteiger partial charge in [-0.2, -0.15) is 0 Å². The lowest BCUT2D eigenvalue weighted by molar-refractivity contribution is -0.139. The number of aliphatic hydroxyl groups is 1. The highest BCUT2D eigenvalue weighted by molar-refractivity contribution is 6.18. The van der Waals surface area contributed by atoms with Gasteiger partial charge in [-0.25, -0.2) is 14.4 Å². The predicted molar refractivity (Wildman–Crippen MR) is 83.6 cm³/mol. The van der Waals surface area contributed by atoms with E-state index in [0.717, 1.165) is 21.3 Å². The highest BCUT2D eigenvalue weighted by atomic mass is 16.5. The maximum atomic E-state index is 12.0. The molecule has 24 heavy (non-hydrogen) atoms. The number of ether oxygens (including phenoxy) is 3. The lowest BCUT2D eigenvalue weighted by Gasteiger charge is -2.07. The van der Waals surface area contributed by atoms with Crippen molar-refractivity contribution in [2.24, 2.45) is 0 Å². The number of carbonyl (C=O) groups is 3. The molecule has 0 fully saturated rings. The number of aliphatic hydroxyl groups excluding tert-OH is 1. The number of carbonyl (C=O) groups excluding carboxylic acids is 3. The second-order valence-corrected chi connectivity index (χ2v) is 4.26. The van der Waals surface area contributed by atoms with Crippen LogP contribution < -0.4 is 0 Å². The summed E-state index contributed by atoms with van der Waals surface area (Å²) in [7, 11) is 3.31. The van der Waals surface area contributed by atoms with Gasteiger partial charge in [-0.1, -0.05) is 36.1 Å². The lowest BCUT2D eigenvalue weighted by atomic mass is 10.0. The van der Waals surface area contributed by atoms with E-state index in [9.17, 15) is 19.5 Å². The molecular weight excluding hydrogens is 316 g/mol. The Hall–Kier alpha value is -3.31. The molecule has 1 rings (SSSR count). The summed E-state index contributed by atoms with van der Waals surface area (Å²) in [4.78, 5) is 35.7. The van der Waals surface area contributed by atoms with Crippen molar-refractivity contribution in [2.75, 3.05) is 21.3 Å². The second kappa shape index (κ2) is 8.97. The maximum absolute atomic E-state index is 12.0. The Labute approximate surface area is 138 Å². The summed E-state index contributed by atoms with van der Waals surface area (Å²) in [6, 6.07) is 8.25. The molecule has 0 spiro atoms. The number of benzene rings is 1. The van der Waals surface area contributed by atoms with Crippen LogP contribution in [0.15, 0.2) is 53.5 Å². The van der Waals surface area contributed by atoms with Gasteiger partial charge in [0.05, 0.1) is 27.6 Å². The molecule has 0 aromatic heterocycles. The van der Waals surface area contributed by atoms with E-state index in [1.54, 1.807) is 30.3 Å². The predicted octanol–water partition coefficient (Wildman–Crippen LogP) is 1.56. The molecular formula is C17H16O7. The van der Waals surface area contributed by atoms with Crippen LogP contribution >= 0.6 is 0 Å². The van der Waals surface area contributed by atoms with Crippen molar-refractivity contribution in [3.05, 3.63) is 59.0 Å². The lowest BCUT2D eigenvalue weighted by Crippen LogP contribution is -2.15. The normalized spacial score (nSPS) is 10.2. The van der Waals surface area contributed by atoms with Gasteiger partial charge >= 0.3 is 17.9 Å². The molecule has 0 bridgehead atoms. The molecule has 0 aliphatic heterocycles. The Morgan fingerprint density at radius 3 is 1.92 bits per heavy atom. The van der Waals surface area contributed by atoms with Crippen molar-refractivity contribution in [1.82, 2.24) is 0 Å². The van der Waals surface area contributed by atoms with Gasteiger partial charge in [-0.15, -0.1) is 0 Å². The number of hydrogen-bond acceptors (Lipinski definition) is 7. The summed E-state index contributed by atoms with van der Waals surface area (Å²) in [6.45, 7) is 0. The Morgan fingerprint density at radius 1 is 0.917 bits per heavy atom. The van der Waals surface area contributed by atoms with E-state index in [4.69, 9.17) is 0 Å². The van der Waals surface area contributed by atoms with Crippen LogP contribution in [0.2, 0.25) is 0 Å². The Bertz CT molecular complexity index is 723. The van der Waals surface area contributed by atoms with Gasteiger partial charge in [-0.05, 0) is 5.56 Å². The second-order valence-electron chi connectivity index (χ2n) is 4.26. The van der Waals surface area contributed by atoms with Gasteiger partial charge in [0.1, 0.15) is 16.7 Å². The molecule has 0 saturated heterocycles. The molecule has 1 N–H and O–H groups in total. The minimum atomic E-state index is -0.998. The molecule has 0 aliphatic carbocycles. The van der Waals surface area contributed by atoms with Crippen LogP contribution in [0.5, 0.6) is 0 Å². The van der Waals surface area contributed by atoms with Crippen molar-refractivity contribution >= 4 is 23.5 Å². The van der Waals surface area contributed by atoms with E-state index in [2.05, 4.69) is 19.9 Å². The third-order valence-electron chi connectivity index (χ3n) is 2.90. The SMILES string of the molecule is COC(=O)C(=C=C(C(=O)OC)c1ccccc1)/C(=C\O)C(=O)OC. The van der Waals surface area contributed by atoms with Gasteiger partial charge in [0.2, 0.25) is 0 Å². The number of rotatable bonds is 5. The van der Waals surface area contributed by atoms with Gasteiger partial charge in [0, 0.05) is 0 Å². The first-order valence-corrected chi connectivity index (χ1v) is 6.66. The van der Waals surface area contributed by atoms with E-state index in [-0.39, 0.29) is 5.57 Å². The van der Waals surface area contributed by atoms with Crippen molar-refractivity contribution in [3.63, 3.8) is 0 Å². The first kappa shape index (κ1) is 18.7. The van der Waals surface area contributed by atoms with Gasteiger partial charge < -0.3 is 19.3 Å². The van der Waals surface area contributed by atoms with Gasteiger partial charge in [0.25, 0.3) is 0 Å². The standard InChI is InChI=1S/C17H16O7/c1-22-15(19)12(11-7-5-4-6-8-11)9-13(16(20)23-2)14(10-18)17(21)24-3/h4-8,10,18H,1-3H3/b14-10+. The van der Waals surface area contributed by atoms with Crippen LogP contribution in [0.3, 0.4) is 0 Å². The third-order valence-corrected chi connectivity index (χ3v) is 2.90. The van der Waals surface area contributed by atoms with Crippen molar-refractivity contribution < 1.29 is 33.7 Å². The smallest absolute Gasteiger partial charge is 0.346 e. The zero-order valence-electron chi connectivity index (χ0n) is 13.4. The summed E-state index contributed by atoms with van der Waals surface area (Å²) in [5, 5.41) is 9.26. The maximum Gasteiger partial charge on any atom is 0.346 e. The monoisotopic (exact) mass is 332 g/mol. The molecule has 0 radical (unpaired) electrons. The van der Waals surface area contributed by atoms with E-state index < -0.39 is 29.1 Å². The van der Waals surface area contributed by atoms with Gasteiger partial charge in [-0.3, -0.25) is 0 Å². The fraction of sp³-hybridized carbons (Fsp3) is 0.176. The topological polar surface area (TPSA) is 99.1 Å². The fourth-order valence-electron chi connectivity index (χ4n) is 1.73. The Balaban J connectivity index is 3.76. The first-order chi connectivity index (χ1) is 11.5. The molecule has 0 atom stereocenters. The van der Waals surface area contributed by atoms with E-state index in [0.29, 0.717) is 11.8 Å². The van der Waals surface area contributed by atoms with Gasteiger partial charge in [0.15, 0.2) is 0 Å². The fourth-order valence-corrected chi connectivity index (χ4v) is 1.73. The van der Waals surface area contributed by atoms with E-state index >= 15 is 0 Å². The van der Waals surface area contributed by atoms with Crippen LogP contribution in [-0.4, -0.2) is 44.3 Å². The summed E-state index contributed by atoms with van der Waals surface area (Å²) in [6.07, 6.45) is 0.380. The minimum Gasteiger partial charge on any atom is -0.515 e. The molecule has 0 amide bonds. The van der Waals surface area contributed by atoms with Crippen LogP contribution in [0, 0.1) is 0 Å². The molecule has 0 unspecified atom stereocenters. The summed E-state index contributed by atoms with van der Waals surface area (Å²) in [5.74, 6) is -2.77. The van der Waals surface area contributed by atoms with Crippen LogP contribution in [-0.2, 0) is 28.6 Å². The highest BCUT2D eigenvalue weighted by Crippen LogP contribution is 2.19. The number of esters is 3. The molecule has 7 nitrogen and oxygen atoms in total. The molecule has 1 aromatic carbocycles. The summed E-state index contributed by atoms with van der Waals surface area (Å²) in [5.41, 5.74) is 1.78. The number of hydrogen-bond donors (Lipinski definition) is 1. The van der Waals surface area contributed by atoms with E-state index in [1.807, 2.05) is 0 Å². The molecule has 7 heteroatoms. The summed E-state index contributed by atoms with van der Waals surface area (Å²) >= 11 is 0. The largest absolute Gasteiger partial charge is 0.515 e. The minimum absolute atomic E-state index is 0.123. The molecule has 1 aromatic rings. The number of methoxy groups -OCH3 is 3. The Kier molecular flexibility index (Phi) is 7.00. The average Bonchev–Trinajstić information content (AvgIpc) is 2.64. The zero-order chi connectivity index (χ0) is 18.1. The molecule has 126 valence electrons. The zero-order valence-corrected chi connectivity index (χ0v) is 13.4. The van der Waals surface area contributed by atoms with E-state index in [1.165, 1.54) is 0 Å². The van der Waals surface area contributed by atoms with Crippen LogP contribution in [0.1, 0.15) is 5.56 Å². The summed E-state index contributed by atoms with van der Waals surface area (Å²) < 4.78 is 13.7. The molecule has 0 heterocycles. The van der Waals surface area contributed by atoms with Crippen molar-refractivity contribution in [2.45, 2.75) is 0 Å².